The number of anilines is 1. The fourth-order valence-corrected chi connectivity index (χ4v) is 3.18. The maximum atomic E-state index is 11.4. The average molecular weight is 309 g/mol. The largest absolute Gasteiger partial charge is 0.396 e. The fraction of sp³-hybridized carbons (Fsp3) is 0.500. The van der Waals surface area contributed by atoms with Crippen LogP contribution in [0.15, 0.2) is 12.1 Å². The molecule has 0 bridgehead atoms. The van der Waals surface area contributed by atoms with Crippen LogP contribution in [-0.2, 0) is 0 Å². The molecule has 2 rings (SSSR count). The first-order valence-corrected chi connectivity index (χ1v) is 7.68. The van der Waals surface area contributed by atoms with Gasteiger partial charge in [-0.3, -0.25) is 10.1 Å². The second-order valence-electron chi connectivity index (χ2n) is 5.16. The molecular formula is C14H19N3O3S. The van der Waals surface area contributed by atoms with Crippen LogP contribution in [0.5, 0.6) is 0 Å². The molecule has 0 radical (unpaired) electrons. The van der Waals surface area contributed by atoms with Crippen molar-refractivity contribution in [3.05, 3.63) is 27.3 Å². The van der Waals surface area contributed by atoms with Crippen molar-refractivity contribution in [2.24, 2.45) is 0 Å². The molecule has 0 saturated heterocycles. The molecule has 0 atom stereocenters. The van der Waals surface area contributed by atoms with Gasteiger partial charge in [-0.1, -0.05) is 0 Å². The molecule has 0 aliphatic rings. The number of hydrogen-bond acceptors (Lipinski definition) is 6. The first-order chi connectivity index (χ1) is 9.93. The zero-order chi connectivity index (χ0) is 15.6. The molecule has 6 nitrogen and oxygen atoms in total. The second kappa shape index (κ2) is 6.36. The van der Waals surface area contributed by atoms with Crippen LogP contribution < -0.4 is 4.90 Å². The number of benzene rings is 1. The molecule has 0 aliphatic carbocycles. The number of aliphatic hydroxyl groups excluding tert-OH is 1. The molecule has 0 spiro atoms. The van der Waals surface area contributed by atoms with Gasteiger partial charge in [-0.2, -0.15) is 0 Å². The van der Waals surface area contributed by atoms with Gasteiger partial charge in [0, 0.05) is 25.3 Å². The summed E-state index contributed by atoms with van der Waals surface area (Å²) in [7, 11) is 0. The van der Waals surface area contributed by atoms with E-state index in [0.29, 0.717) is 18.7 Å². The fourth-order valence-electron chi connectivity index (χ4n) is 2.34. The summed E-state index contributed by atoms with van der Waals surface area (Å²) in [5.74, 6) is 0. The number of aliphatic hydroxyl groups is 1. The predicted octanol–water partition coefficient (Wildman–Crippen LogP) is 3.11. The Bertz CT molecular complexity index is 654. The lowest BCUT2D eigenvalue weighted by Gasteiger charge is -2.28. The lowest BCUT2D eigenvalue weighted by Crippen LogP contribution is -2.32. The molecule has 1 aromatic heterocycles. The van der Waals surface area contributed by atoms with Crippen LogP contribution >= 0.6 is 11.3 Å². The number of nitrogens with zero attached hydrogens (tertiary/aromatic N) is 3. The highest BCUT2D eigenvalue weighted by Gasteiger charge is 2.23. The Balaban J connectivity index is 2.56. The van der Waals surface area contributed by atoms with Crippen molar-refractivity contribution < 1.29 is 10.0 Å². The Morgan fingerprint density at radius 1 is 1.48 bits per heavy atom. The molecule has 21 heavy (non-hydrogen) atoms. The molecule has 0 amide bonds. The summed E-state index contributed by atoms with van der Waals surface area (Å²) in [4.78, 5) is 17.4. The van der Waals surface area contributed by atoms with Gasteiger partial charge < -0.3 is 10.0 Å². The van der Waals surface area contributed by atoms with Gasteiger partial charge in [0.15, 0.2) is 0 Å². The molecule has 114 valence electrons. The van der Waals surface area contributed by atoms with E-state index in [0.717, 1.165) is 15.2 Å². The van der Waals surface area contributed by atoms with Crippen LogP contribution in [0.3, 0.4) is 0 Å². The summed E-state index contributed by atoms with van der Waals surface area (Å²) in [6.07, 6.45) is 0.573. The first kappa shape index (κ1) is 15.7. The van der Waals surface area contributed by atoms with Gasteiger partial charge in [-0.05, 0) is 33.3 Å². The van der Waals surface area contributed by atoms with E-state index in [1.165, 1.54) is 11.3 Å². The highest BCUT2D eigenvalue weighted by molar-refractivity contribution is 7.18. The number of rotatable bonds is 6. The van der Waals surface area contributed by atoms with E-state index in [2.05, 4.69) is 4.98 Å². The summed E-state index contributed by atoms with van der Waals surface area (Å²) in [6.45, 7) is 6.50. The van der Waals surface area contributed by atoms with Crippen LogP contribution in [0.4, 0.5) is 11.4 Å². The summed E-state index contributed by atoms with van der Waals surface area (Å²) >= 11 is 1.46. The van der Waals surface area contributed by atoms with E-state index in [1.807, 2.05) is 25.7 Å². The summed E-state index contributed by atoms with van der Waals surface area (Å²) in [6, 6.07) is 3.49. The number of nitro groups is 1. The van der Waals surface area contributed by atoms with Crippen molar-refractivity contribution in [2.75, 3.05) is 18.1 Å². The summed E-state index contributed by atoms with van der Waals surface area (Å²) in [5.41, 5.74) is 1.45. The maximum Gasteiger partial charge on any atom is 0.294 e. The van der Waals surface area contributed by atoms with Crippen molar-refractivity contribution >= 4 is 32.9 Å². The van der Waals surface area contributed by atoms with Gasteiger partial charge in [0.05, 0.1) is 20.1 Å². The van der Waals surface area contributed by atoms with Gasteiger partial charge in [-0.25, -0.2) is 4.98 Å². The highest BCUT2D eigenvalue weighted by Crippen LogP contribution is 2.36. The summed E-state index contributed by atoms with van der Waals surface area (Å²) in [5, 5.41) is 21.3. The van der Waals surface area contributed by atoms with Crippen LogP contribution in [0.2, 0.25) is 0 Å². The van der Waals surface area contributed by atoms with Crippen LogP contribution in [0.1, 0.15) is 25.3 Å². The molecular weight excluding hydrogens is 290 g/mol. The second-order valence-corrected chi connectivity index (χ2v) is 6.40. The summed E-state index contributed by atoms with van der Waals surface area (Å²) < 4.78 is 0.828. The predicted molar refractivity (Wildman–Crippen MR) is 85.2 cm³/mol. The van der Waals surface area contributed by atoms with E-state index in [4.69, 9.17) is 5.11 Å². The molecule has 1 heterocycles. The Morgan fingerprint density at radius 2 is 2.19 bits per heavy atom. The molecule has 0 aliphatic heterocycles. The number of aromatic nitrogens is 1. The average Bonchev–Trinajstić information content (AvgIpc) is 2.76. The SMILES string of the molecule is Cc1nc2cc(N(CCCO)C(C)C)c([N+](=O)[O-])cc2s1. The molecule has 2 aromatic rings. The first-order valence-electron chi connectivity index (χ1n) is 6.87. The van der Waals surface area contributed by atoms with Crippen LogP contribution in [-0.4, -0.2) is 34.2 Å². The smallest absolute Gasteiger partial charge is 0.294 e. The lowest BCUT2D eigenvalue weighted by atomic mass is 10.2. The van der Waals surface area contributed by atoms with Crippen molar-refractivity contribution in [3.63, 3.8) is 0 Å². The Hall–Kier alpha value is -1.73. The standard InChI is InChI=1S/C14H19N3O3S/c1-9(2)16(5-4-6-18)12-7-11-14(21-10(3)15-11)8-13(12)17(19)20/h7-9,18H,4-6H2,1-3H3. The Morgan fingerprint density at radius 3 is 2.76 bits per heavy atom. The molecule has 0 unspecified atom stereocenters. The van der Waals surface area contributed by atoms with Crippen molar-refractivity contribution in [2.45, 2.75) is 33.2 Å². The third kappa shape index (κ3) is 3.30. The third-order valence-electron chi connectivity index (χ3n) is 3.28. The van der Waals surface area contributed by atoms with Crippen LogP contribution in [0, 0.1) is 17.0 Å². The molecule has 7 heteroatoms. The van der Waals surface area contributed by atoms with E-state index in [9.17, 15) is 10.1 Å². The van der Waals surface area contributed by atoms with E-state index < -0.39 is 0 Å². The number of thiazole rings is 1. The van der Waals surface area contributed by atoms with Gasteiger partial charge >= 0.3 is 0 Å². The normalized spacial score (nSPS) is 11.3. The van der Waals surface area contributed by atoms with E-state index in [1.54, 1.807) is 12.1 Å². The Labute approximate surface area is 127 Å². The number of fused-ring (bicyclic) bond motifs is 1. The number of hydrogen-bond donors (Lipinski definition) is 1. The zero-order valence-electron chi connectivity index (χ0n) is 12.4. The van der Waals surface area contributed by atoms with Crippen molar-refractivity contribution in [3.8, 4) is 0 Å². The van der Waals surface area contributed by atoms with Gasteiger partial charge in [0.2, 0.25) is 0 Å². The highest BCUT2D eigenvalue weighted by atomic mass is 32.1. The number of aryl methyl sites for hydroxylation is 1. The van der Waals surface area contributed by atoms with Crippen LogP contribution in [0.25, 0.3) is 10.2 Å². The molecule has 0 saturated carbocycles. The molecule has 1 aromatic carbocycles. The quantitative estimate of drug-likeness (QED) is 0.655. The molecule has 0 fully saturated rings. The van der Waals surface area contributed by atoms with Gasteiger partial charge in [0.1, 0.15) is 5.69 Å². The Kier molecular flexibility index (Phi) is 4.74. The minimum absolute atomic E-state index is 0.0646. The monoisotopic (exact) mass is 309 g/mol. The minimum atomic E-state index is -0.349. The third-order valence-corrected chi connectivity index (χ3v) is 4.21. The molecule has 1 N–H and O–H groups in total. The van der Waals surface area contributed by atoms with Gasteiger partial charge in [-0.15, -0.1) is 11.3 Å². The van der Waals surface area contributed by atoms with Gasteiger partial charge in [0.25, 0.3) is 5.69 Å². The topological polar surface area (TPSA) is 79.5 Å². The maximum absolute atomic E-state index is 11.4. The van der Waals surface area contributed by atoms with Crippen molar-refractivity contribution in [1.29, 1.82) is 0 Å². The lowest BCUT2D eigenvalue weighted by molar-refractivity contribution is -0.384. The van der Waals surface area contributed by atoms with Crippen molar-refractivity contribution in [1.82, 2.24) is 4.98 Å². The minimum Gasteiger partial charge on any atom is -0.396 e. The zero-order valence-corrected chi connectivity index (χ0v) is 13.2. The van der Waals surface area contributed by atoms with E-state index >= 15 is 0 Å². The number of nitro benzene ring substituents is 1. The van der Waals surface area contributed by atoms with E-state index in [-0.39, 0.29) is 23.3 Å².